The molecule has 4 N–H and O–H groups in total. The minimum absolute atomic E-state index is 0.000566. The lowest BCUT2D eigenvalue weighted by Crippen LogP contribution is -2.15. The van der Waals surface area contributed by atoms with Crippen LogP contribution in [0.15, 0.2) is 53.4 Å². The summed E-state index contributed by atoms with van der Waals surface area (Å²) in [5.74, 6) is -1.01. The molecule has 21 heavy (non-hydrogen) atoms. The summed E-state index contributed by atoms with van der Waals surface area (Å²) in [5, 5.41) is 17.0. The van der Waals surface area contributed by atoms with Gasteiger partial charge in [-0.3, -0.25) is 0 Å². The molecular weight excluding hydrogens is 292 g/mol. The fourth-order valence-corrected chi connectivity index (χ4v) is 2.59. The number of aromatic carboxylic acids is 1. The van der Waals surface area contributed by atoms with Crippen molar-refractivity contribution in [3.63, 3.8) is 0 Å². The van der Waals surface area contributed by atoms with Crippen molar-refractivity contribution in [3.8, 4) is 0 Å². The van der Waals surface area contributed by atoms with Crippen molar-refractivity contribution in [3.05, 3.63) is 59.7 Å². The number of rotatable bonds is 5. The first kappa shape index (κ1) is 15.0. The highest BCUT2D eigenvalue weighted by atomic mass is 32.2. The Kier molecular flexibility index (Phi) is 4.25. The van der Waals surface area contributed by atoms with Crippen molar-refractivity contribution in [2.24, 2.45) is 5.14 Å². The molecule has 0 spiro atoms. The van der Waals surface area contributed by atoms with Gasteiger partial charge in [0.1, 0.15) is 4.90 Å². The number of para-hydroxylation sites is 1. The number of benzene rings is 2. The SMILES string of the molecule is NS(=O)(=O)c1ccccc1NCc1cccc(C(=O)O)c1. The molecule has 0 aliphatic rings. The van der Waals surface area contributed by atoms with Crippen LogP contribution in [-0.4, -0.2) is 19.5 Å². The second-order valence-electron chi connectivity index (χ2n) is 4.40. The highest BCUT2D eigenvalue weighted by Crippen LogP contribution is 2.20. The Morgan fingerprint density at radius 3 is 2.52 bits per heavy atom. The Morgan fingerprint density at radius 1 is 1.14 bits per heavy atom. The van der Waals surface area contributed by atoms with Gasteiger partial charge < -0.3 is 10.4 Å². The lowest BCUT2D eigenvalue weighted by Gasteiger charge is -2.11. The standard InChI is InChI=1S/C14H14N2O4S/c15-21(19,20)13-7-2-1-6-12(13)16-9-10-4-3-5-11(8-10)14(17)18/h1-8,16H,9H2,(H,17,18)(H2,15,19,20). The van der Waals surface area contributed by atoms with E-state index in [4.69, 9.17) is 10.2 Å². The molecule has 0 heterocycles. The van der Waals surface area contributed by atoms with E-state index >= 15 is 0 Å². The predicted molar refractivity (Wildman–Crippen MR) is 78.5 cm³/mol. The van der Waals surface area contributed by atoms with E-state index in [2.05, 4.69) is 5.32 Å². The van der Waals surface area contributed by atoms with Crippen molar-refractivity contribution in [2.75, 3.05) is 5.32 Å². The van der Waals surface area contributed by atoms with E-state index in [1.54, 1.807) is 30.3 Å². The molecule has 0 atom stereocenters. The molecule has 2 rings (SSSR count). The summed E-state index contributed by atoms with van der Waals surface area (Å²) in [7, 11) is -3.82. The Balaban J connectivity index is 2.21. The van der Waals surface area contributed by atoms with Gasteiger partial charge in [-0.15, -0.1) is 0 Å². The molecule has 0 bridgehead atoms. The normalized spacial score (nSPS) is 11.1. The minimum Gasteiger partial charge on any atom is -0.478 e. The predicted octanol–water partition coefficient (Wildman–Crippen LogP) is 1.64. The molecule has 0 fully saturated rings. The van der Waals surface area contributed by atoms with E-state index in [0.29, 0.717) is 5.69 Å². The number of primary sulfonamides is 1. The molecule has 0 aliphatic heterocycles. The lowest BCUT2D eigenvalue weighted by atomic mass is 10.1. The summed E-state index contributed by atoms with van der Waals surface area (Å²) < 4.78 is 22.9. The summed E-state index contributed by atoms with van der Waals surface area (Å²) in [4.78, 5) is 10.9. The largest absolute Gasteiger partial charge is 0.478 e. The van der Waals surface area contributed by atoms with Crippen molar-refractivity contribution < 1.29 is 18.3 Å². The molecule has 0 aliphatic carbocycles. The molecule has 0 saturated heterocycles. The van der Waals surface area contributed by atoms with E-state index in [9.17, 15) is 13.2 Å². The average Bonchev–Trinajstić information content (AvgIpc) is 2.45. The second-order valence-corrected chi connectivity index (χ2v) is 5.93. The smallest absolute Gasteiger partial charge is 0.335 e. The van der Waals surface area contributed by atoms with Crippen LogP contribution in [0.3, 0.4) is 0 Å². The molecule has 2 aromatic rings. The first-order valence-electron chi connectivity index (χ1n) is 6.06. The van der Waals surface area contributed by atoms with Gasteiger partial charge in [0.2, 0.25) is 10.0 Å². The number of sulfonamides is 1. The number of carbonyl (C=O) groups is 1. The van der Waals surface area contributed by atoms with Gasteiger partial charge in [-0.2, -0.15) is 0 Å². The molecule has 0 amide bonds. The minimum atomic E-state index is -3.82. The number of hydrogen-bond acceptors (Lipinski definition) is 4. The van der Waals surface area contributed by atoms with Crippen LogP contribution in [0, 0.1) is 0 Å². The quantitative estimate of drug-likeness (QED) is 0.778. The fraction of sp³-hybridized carbons (Fsp3) is 0.0714. The third kappa shape index (κ3) is 3.80. The zero-order valence-corrected chi connectivity index (χ0v) is 11.8. The fourth-order valence-electron chi connectivity index (χ4n) is 1.87. The van der Waals surface area contributed by atoms with E-state index in [0.717, 1.165) is 5.56 Å². The Morgan fingerprint density at radius 2 is 1.86 bits per heavy atom. The summed E-state index contributed by atoms with van der Waals surface area (Å²) >= 11 is 0. The molecule has 0 aromatic heterocycles. The third-order valence-corrected chi connectivity index (χ3v) is 3.82. The van der Waals surface area contributed by atoms with Gasteiger partial charge in [-0.25, -0.2) is 18.4 Å². The van der Waals surface area contributed by atoms with Gasteiger partial charge in [0.05, 0.1) is 11.3 Å². The summed E-state index contributed by atoms with van der Waals surface area (Å²) in [5.41, 5.74) is 1.27. The number of nitrogens with two attached hydrogens (primary N) is 1. The van der Waals surface area contributed by atoms with Crippen LogP contribution in [-0.2, 0) is 16.6 Å². The highest BCUT2D eigenvalue weighted by Gasteiger charge is 2.12. The number of hydrogen-bond donors (Lipinski definition) is 3. The highest BCUT2D eigenvalue weighted by molar-refractivity contribution is 7.89. The Hall–Kier alpha value is -2.38. The molecule has 6 nitrogen and oxygen atoms in total. The maximum atomic E-state index is 11.5. The topological polar surface area (TPSA) is 109 Å². The maximum Gasteiger partial charge on any atom is 0.335 e. The van der Waals surface area contributed by atoms with Gasteiger partial charge in [0.25, 0.3) is 0 Å². The van der Waals surface area contributed by atoms with E-state index in [-0.39, 0.29) is 17.0 Å². The van der Waals surface area contributed by atoms with E-state index in [1.807, 2.05) is 0 Å². The van der Waals surface area contributed by atoms with E-state index < -0.39 is 16.0 Å². The van der Waals surface area contributed by atoms with E-state index in [1.165, 1.54) is 18.2 Å². The van der Waals surface area contributed by atoms with Crippen LogP contribution in [0.2, 0.25) is 0 Å². The van der Waals surface area contributed by atoms with Crippen LogP contribution in [0.1, 0.15) is 15.9 Å². The van der Waals surface area contributed by atoms with Gasteiger partial charge in [0.15, 0.2) is 0 Å². The van der Waals surface area contributed by atoms with Gasteiger partial charge >= 0.3 is 5.97 Å². The first-order valence-corrected chi connectivity index (χ1v) is 7.60. The van der Waals surface area contributed by atoms with Gasteiger partial charge in [0, 0.05) is 6.54 Å². The lowest BCUT2D eigenvalue weighted by molar-refractivity contribution is 0.0696. The van der Waals surface area contributed by atoms with Crippen LogP contribution >= 0.6 is 0 Å². The summed E-state index contributed by atoms with van der Waals surface area (Å²) in [6, 6.07) is 12.7. The van der Waals surface area contributed by atoms with Crippen LogP contribution in [0.25, 0.3) is 0 Å². The van der Waals surface area contributed by atoms with Crippen LogP contribution < -0.4 is 10.5 Å². The molecular formula is C14H14N2O4S. The van der Waals surface area contributed by atoms with Crippen LogP contribution in [0.4, 0.5) is 5.69 Å². The Bertz CT molecular complexity index is 772. The number of carboxylic acid groups (broad SMARTS) is 1. The summed E-state index contributed by atoms with van der Waals surface area (Å²) in [6.07, 6.45) is 0. The first-order chi connectivity index (χ1) is 9.88. The van der Waals surface area contributed by atoms with Crippen molar-refractivity contribution in [2.45, 2.75) is 11.4 Å². The molecule has 0 radical (unpaired) electrons. The molecule has 0 unspecified atom stereocenters. The summed E-state index contributed by atoms with van der Waals surface area (Å²) in [6.45, 7) is 0.285. The van der Waals surface area contributed by atoms with Crippen molar-refractivity contribution in [1.29, 1.82) is 0 Å². The van der Waals surface area contributed by atoms with Crippen molar-refractivity contribution in [1.82, 2.24) is 0 Å². The molecule has 7 heteroatoms. The zero-order chi connectivity index (χ0) is 15.5. The zero-order valence-electron chi connectivity index (χ0n) is 11.0. The number of nitrogens with one attached hydrogen (secondary N) is 1. The van der Waals surface area contributed by atoms with Crippen molar-refractivity contribution >= 4 is 21.7 Å². The second kappa shape index (κ2) is 5.94. The number of anilines is 1. The monoisotopic (exact) mass is 306 g/mol. The number of carboxylic acids is 1. The molecule has 0 saturated carbocycles. The van der Waals surface area contributed by atoms with Gasteiger partial charge in [-0.05, 0) is 29.8 Å². The average molecular weight is 306 g/mol. The Labute approximate surface area is 122 Å². The molecule has 2 aromatic carbocycles. The third-order valence-electron chi connectivity index (χ3n) is 2.85. The van der Waals surface area contributed by atoms with Crippen LogP contribution in [0.5, 0.6) is 0 Å². The molecule has 110 valence electrons. The maximum absolute atomic E-state index is 11.5. The van der Waals surface area contributed by atoms with Gasteiger partial charge in [-0.1, -0.05) is 24.3 Å².